The minimum absolute atomic E-state index is 0.681. The molecule has 21 heavy (non-hydrogen) atoms. The highest BCUT2D eigenvalue weighted by Crippen LogP contribution is 2.19. The van der Waals surface area contributed by atoms with E-state index in [1.165, 1.54) is 0 Å². The largest absolute Gasteiger partial charge is 0.465 e. The molecule has 0 amide bonds. The van der Waals surface area contributed by atoms with Crippen LogP contribution in [0.4, 0.5) is 5.82 Å². The summed E-state index contributed by atoms with van der Waals surface area (Å²) in [7, 11) is 2.03. The van der Waals surface area contributed by atoms with Crippen molar-refractivity contribution in [2.45, 2.75) is 33.4 Å². The lowest BCUT2D eigenvalue weighted by Gasteiger charge is -2.16. The smallest absolute Gasteiger partial charge is 0.126 e. The lowest BCUT2D eigenvalue weighted by Crippen LogP contribution is -2.18. The topological polar surface area (TPSA) is 41.3 Å². The number of rotatable bonds is 7. The molecule has 0 atom stereocenters. The van der Waals surface area contributed by atoms with Crippen LogP contribution in [0.3, 0.4) is 0 Å². The van der Waals surface area contributed by atoms with Gasteiger partial charge in [-0.15, -0.1) is 0 Å². The van der Waals surface area contributed by atoms with Crippen molar-refractivity contribution in [3.63, 3.8) is 0 Å². The molecule has 0 fully saturated rings. The van der Waals surface area contributed by atoms with Gasteiger partial charge in [0.1, 0.15) is 17.3 Å². The monoisotopic (exact) mass is 307 g/mol. The van der Waals surface area contributed by atoms with Crippen LogP contribution in [0.25, 0.3) is 0 Å². The molecule has 0 bridgehead atoms. The van der Waals surface area contributed by atoms with E-state index in [0.717, 1.165) is 42.5 Å². The predicted molar refractivity (Wildman–Crippen MR) is 86.6 cm³/mol. The van der Waals surface area contributed by atoms with Crippen LogP contribution in [-0.4, -0.2) is 23.5 Å². The van der Waals surface area contributed by atoms with Crippen molar-refractivity contribution in [1.29, 1.82) is 0 Å². The van der Waals surface area contributed by atoms with E-state index in [1.54, 1.807) is 0 Å². The standard InChI is InChI=1S/C16H22ClN3O/c1-4-9-18-16-8-7-14(17)15(19-16)11-20(3)10-13-6-5-12(2)21-13/h5-8H,4,9-11H2,1-3H3,(H,18,19). The van der Waals surface area contributed by atoms with Crippen molar-refractivity contribution in [3.8, 4) is 0 Å². The fraction of sp³-hybridized carbons (Fsp3) is 0.438. The molecule has 0 aliphatic rings. The highest BCUT2D eigenvalue weighted by molar-refractivity contribution is 6.31. The zero-order valence-corrected chi connectivity index (χ0v) is 13.6. The summed E-state index contributed by atoms with van der Waals surface area (Å²) in [6.07, 6.45) is 1.07. The highest BCUT2D eigenvalue weighted by atomic mass is 35.5. The first kappa shape index (κ1) is 15.9. The fourth-order valence-electron chi connectivity index (χ4n) is 2.09. The number of aryl methyl sites for hydroxylation is 1. The summed E-state index contributed by atoms with van der Waals surface area (Å²) in [5, 5.41) is 3.98. The maximum atomic E-state index is 6.24. The van der Waals surface area contributed by atoms with E-state index in [0.29, 0.717) is 11.6 Å². The third-order valence-corrected chi connectivity index (χ3v) is 3.46. The third-order valence-electron chi connectivity index (χ3n) is 3.12. The zero-order chi connectivity index (χ0) is 15.2. The van der Waals surface area contributed by atoms with Crippen molar-refractivity contribution in [1.82, 2.24) is 9.88 Å². The highest BCUT2D eigenvalue weighted by Gasteiger charge is 2.09. The van der Waals surface area contributed by atoms with Gasteiger partial charge in [-0.25, -0.2) is 4.98 Å². The number of halogens is 1. The van der Waals surface area contributed by atoms with Crippen LogP contribution in [0.5, 0.6) is 0 Å². The number of hydrogen-bond donors (Lipinski definition) is 1. The molecule has 0 radical (unpaired) electrons. The number of furan rings is 1. The molecule has 2 aromatic rings. The van der Waals surface area contributed by atoms with Gasteiger partial charge in [0.25, 0.3) is 0 Å². The molecule has 2 heterocycles. The van der Waals surface area contributed by atoms with Crippen molar-refractivity contribution in [2.24, 2.45) is 0 Å². The van der Waals surface area contributed by atoms with E-state index in [2.05, 4.69) is 22.1 Å². The molecule has 0 spiro atoms. The van der Waals surface area contributed by atoms with Crippen LogP contribution in [0.2, 0.25) is 5.02 Å². The molecule has 0 saturated heterocycles. The molecule has 2 aromatic heterocycles. The minimum Gasteiger partial charge on any atom is -0.465 e. The van der Waals surface area contributed by atoms with Crippen molar-refractivity contribution in [2.75, 3.05) is 18.9 Å². The fourth-order valence-corrected chi connectivity index (χ4v) is 2.26. The molecule has 5 heteroatoms. The maximum Gasteiger partial charge on any atom is 0.126 e. The maximum absolute atomic E-state index is 6.24. The Balaban J connectivity index is 2.00. The number of hydrogen-bond acceptors (Lipinski definition) is 4. The number of nitrogens with zero attached hydrogens (tertiary/aromatic N) is 2. The van der Waals surface area contributed by atoms with Gasteiger partial charge in [0, 0.05) is 13.1 Å². The molecule has 0 saturated carbocycles. The van der Waals surface area contributed by atoms with Gasteiger partial charge >= 0.3 is 0 Å². The van der Waals surface area contributed by atoms with Gasteiger partial charge in [-0.1, -0.05) is 18.5 Å². The lowest BCUT2D eigenvalue weighted by molar-refractivity contribution is 0.282. The van der Waals surface area contributed by atoms with Crippen molar-refractivity contribution < 1.29 is 4.42 Å². The number of anilines is 1. The summed E-state index contributed by atoms with van der Waals surface area (Å²) in [6, 6.07) is 7.79. The molecular weight excluding hydrogens is 286 g/mol. The predicted octanol–water partition coefficient (Wildman–Crippen LogP) is 4.09. The summed E-state index contributed by atoms with van der Waals surface area (Å²) in [6.45, 7) is 6.40. The SMILES string of the molecule is CCCNc1ccc(Cl)c(CN(C)Cc2ccc(C)o2)n1. The Hall–Kier alpha value is -1.52. The second-order valence-electron chi connectivity index (χ2n) is 5.24. The molecule has 114 valence electrons. The summed E-state index contributed by atoms with van der Waals surface area (Å²) in [5.41, 5.74) is 0.878. The normalized spacial score (nSPS) is 11.1. The third kappa shape index (κ3) is 4.76. The van der Waals surface area contributed by atoms with Crippen molar-refractivity contribution >= 4 is 17.4 Å². The Bertz CT molecular complexity index is 583. The number of pyridine rings is 1. The van der Waals surface area contributed by atoms with Crippen LogP contribution in [0, 0.1) is 6.92 Å². The Labute approximate surface area is 131 Å². The summed E-state index contributed by atoms with van der Waals surface area (Å²) >= 11 is 6.24. The summed E-state index contributed by atoms with van der Waals surface area (Å²) in [5.74, 6) is 2.75. The molecule has 0 aromatic carbocycles. The number of aromatic nitrogens is 1. The van der Waals surface area contributed by atoms with Crippen LogP contribution in [0.1, 0.15) is 30.6 Å². The molecule has 2 rings (SSSR count). The Kier molecular flexibility index (Phi) is 5.65. The molecule has 4 nitrogen and oxygen atoms in total. The average Bonchev–Trinajstić information content (AvgIpc) is 2.84. The first-order valence-electron chi connectivity index (χ1n) is 7.21. The second-order valence-corrected chi connectivity index (χ2v) is 5.64. The van der Waals surface area contributed by atoms with Crippen LogP contribution in [0.15, 0.2) is 28.7 Å². The Morgan fingerprint density at radius 2 is 2.05 bits per heavy atom. The Morgan fingerprint density at radius 3 is 2.71 bits per heavy atom. The van der Waals surface area contributed by atoms with Gasteiger partial charge in [-0.2, -0.15) is 0 Å². The van der Waals surface area contributed by atoms with E-state index < -0.39 is 0 Å². The summed E-state index contributed by atoms with van der Waals surface area (Å²) < 4.78 is 5.59. The zero-order valence-electron chi connectivity index (χ0n) is 12.8. The van der Waals surface area contributed by atoms with E-state index >= 15 is 0 Å². The quantitative estimate of drug-likeness (QED) is 0.836. The van der Waals surface area contributed by atoms with Crippen LogP contribution in [-0.2, 0) is 13.1 Å². The molecule has 1 N–H and O–H groups in total. The number of nitrogens with one attached hydrogen (secondary N) is 1. The van der Waals surface area contributed by atoms with E-state index in [1.807, 2.05) is 38.2 Å². The average molecular weight is 308 g/mol. The molecule has 0 aliphatic heterocycles. The van der Waals surface area contributed by atoms with Gasteiger partial charge in [0.15, 0.2) is 0 Å². The van der Waals surface area contributed by atoms with Gasteiger partial charge in [0.2, 0.25) is 0 Å². The van der Waals surface area contributed by atoms with Gasteiger partial charge in [-0.3, -0.25) is 4.90 Å². The Morgan fingerprint density at radius 1 is 1.24 bits per heavy atom. The van der Waals surface area contributed by atoms with Gasteiger partial charge < -0.3 is 9.73 Å². The van der Waals surface area contributed by atoms with Gasteiger partial charge in [-0.05, 0) is 44.7 Å². The van der Waals surface area contributed by atoms with Gasteiger partial charge in [0.05, 0.1) is 17.3 Å². The van der Waals surface area contributed by atoms with Crippen molar-refractivity contribution in [3.05, 3.63) is 46.5 Å². The van der Waals surface area contributed by atoms with Crippen LogP contribution >= 0.6 is 11.6 Å². The second kappa shape index (κ2) is 7.48. The van der Waals surface area contributed by atoms with E-state index in [9.17, 15) is 0 Å². The first-order chi connectivity index (χ1) is 10.1. The van der Waals surface area contributed by atoms with E-state index in [-0.39, 0.29) is 0 Å². The minimum atomic E-state index is 0.681. The molecular formula is C16H22ClN3O. The summed E-state index contributed by atoms with van der Waals surface area (Å²) in [4.78, 5) is 6.72. The van der Waals surface area contributed by atoms with Crippen LogP contribution < -0.4 is 5.32 Å². The lowest BCUT2D eigenvalue weighted by atomic mass is 10.3. The molecule has 0 unspecified atom stereocenters. The first-order valence-corrected chi connectivity index (χ1v) is 7.59. The van der Waals surface area contributed by atoms with E-state index in [4.69, 9.17) is 16.0 Å². The molecule has 0 aliphatic carbocycles.